The van der Waals surface area contributed by atoms with E-state index in [-0.39, 0.29) is 0 Å². The number of hydrogen-bond acceptors (Lipinski definition) is 6. The summed E-state index contributed by atoms with van der Waals surface area (Å²) in [7, 11) is 1.75. The Hall–Kier alpha value is -2.12. The third-order valence-electron chi connectivity index (χ3n) is 2.22. The van der Waals surface area contributed by atoms with E-state index in [0.29, 0.717) is 31.2 Å². The number of nitrogens with zero attached hydrogens (tertiary/aromatic N) is 4. The first-order chi connectivity index (χ1) is 7.65. The number of aryl methyl sites for hydroxylation is 1. The highest BCUT2D eigenvalue weighted by Crippen LogP contribution is 2.11. The van der Waals surface area contributed by atoms with E-state index in [2.05, 4.69) is 10.6 Å². The van der Waals surface area contributed by atoms with E-state index in [1.165, 1.54) is 0 Å². The van der Waals surface area contributed by atoms with Crippen LogP contribution in [0.4, 0.5) is 0 Å². The molecule has 2 heterocycles. The van der Waals surface area contributed by atoms with Crippen molar-refractivity contribution in [3.05, 3.63) is 34.1 Å². The fourth-order valence-electron chi connectivity index (χ4n) is 1.57. The highest BCUT2D eigenvalue weighted by atomic mass is 16.6. The van der Waals surface area contributed by atoms with Crippen LogP contribution in [0.15, 0.2) is 22.7 Å². The van der Waals surface area contributed by atoms with Crippen molar-refractivity contribution in [1.82, 2.24) is 15.5 Å². The lowest BCUT2D eigenvalue weighted by molar-refractivity contribution is -0.739. The third-order valence-corrected chi connectivity index (χ3v) is 2.22. The number of nitrogens with one attached hydrogen (secondary N) is 1. The van der Waals surface area contributed by atoms with Crippen LogP contribution in [0.5, 0.6) is 0 Å². The van der Waals surface area contributed by atoms with Gasteiger partial charge in [-0.05, 0) is 0 Å². The highest BCUT2D eigenvalue weighted by molar-refractivity contribution is 5.02. The zero-order valence-corrected chi connectivity index (χ0v) is 8.79. The highest BCUT2D eigenvalue weighted by Gasteiger charge is 2.22. The molecule has 0 spiro atoms. The molecule has 0 aliphatic carbocycles. The quantitative estimate of drug-likeness (QED) is 0.403. The van der Waals surface area contributed by atoms with Crippen LogP contribution >= 0.6 is 0 Å². The van der Waals surface area contributed by atoms with Gasteiger partial charge in [-0.1, -0.05) is 4.68 Å². The topological polar surface area (TPSA) is 88.3 Å². The molecule has 0 atom stereocenters. The van der Waals surface area contributed by atoms with Gasteiger partial charge in [-0.25, -0.2) is 0 Å². The second-order valence-electron chi connectivity index (χ2n) is 3.49. The summed E-state index contributed by atoms with van der Waals surface area (Å²) in [5.41, 5.74) is 0. The van der Waals surface area contributed by atoms with E-state index >= 15 is 0 Å². The van der Waals surface area contributed by atoms with Crippen molar-refractivity contribution >= 4 is 0 Å². The van der Waals surface area contributed by atoms with Gasteiger partial charge in [-0.2, -0.15) is 0 Å². The van der Waals surface area contributed by atoms with Gasteiger partial charge in [0.15, 0.2) is 18.1 Å². The Morgan fingerprint density at radius 1 is 1.88 bits per heavy atom. The average Bonchev–Trinajstić information content (AvgIpc) is 2.77. The van der Waals surface area contributed by atoms with Crippen molar-refractivity contribution < 1.29 is 14.1 Å². The van der Waals surface area contributed by atoms with Gasteiger partial charge < -0.3 is 14.7 Å². The van der Waals surface area contributed by atoms with Gasteiger partial charge in [-0.15, -0.1) is 0 Å². The van der Waals surface area contributed by atoms with E-state index in [1.54, 1.807) is 17.9 Å². The summed E-state index contributed by atoms with van der Waals surface area (Å²) in [5.74, 6) is 1.17. The fraction of sp³-hybridized carbons (Fsp3) is 0.500. The van der Waals surface area contributed by atoms with Gasteiger partial charge in [0.1, 0.15) is 0 Å². The molecule has 1 aliphatic rings. The summed E-state index contributed by atoms with van der Waals surface area (Å²) in [6.45, 7) is 1.88. The van der Waals surface area contributed by atoms with Crippen LogP contribution in [-0.2, 0) is 13.6 Å². The lowest BCUT2D eigenvalue weighted by atomic mass is 10.4. The molecule has 1 saturated heterocycles. The molecule has 1 fully saturated rings. The van der Waals surface area contributed by atoms with Gasteiger partial charge >= 0.3 is 0 Å². The zero-order valence-electron chi connectivity index (χ0n) is 8.79. The molecule has 0 radical (unpaired) electrons. The van der Waals surface area contributed by atoms with Crippen LogP contribution in [0.3, 0.4) is 0 Å². The van der Waals surface area contributed by atoms with Crippen LogP contribution in [0, 0.1) is 10.1 Å². The van der Waals surface area contributed by atoms with E-state index in [1.807, 2.05) is 4.90 Å². The minimum absolute atomic E-state index is 0.471. The molecule has 8 heteroatoms. The Bertz CT molecular complexity index is 427. The molecule has 0 saturated carbocycles. The summed E-state index contributed by atoms with van der Waals surface area (Å²) in [4.78, 5) is 11.7. The Kier molecular flexibility index (Phi) is 2.71. The first kappa shape index (κ1) is 10.4. The van der Waals surface area contributed by atoms with Crippen molar-refractivity contribution in [2.45, 2.75) is 6.54 Å². The summed E-state index contributed by atoms with van der Waals surface area (Å²) < 4.78 is 6.58. The lowest BCUT2D eigenvalue weighted by Gasteiger charge is -2.13. The van der Waals surface area contributed by atoms with Gasteiger partial charge in [0.25, 0.3) is 6.20 Å². The molecule has 0 bridgehead atoms. The summed E-state index contributed by atoms with van der Waals surface area (Å²) >= 11 is 0. The Balaban J connectivity index is 2.06. The molecule has 1 aromatic rings. The van der Waals surface area contributed by atoms with Crippen LogP contribution in [0.25, 0.3) is 0 Å². The lowest BCUT2D eigenvalue weighted by Crippen LogP contribution is -2.28. The molecule has 0 amide bonds. The second-order valence-corrected chi connectivity index (χ2v) is 3.49. The van der Waals surface area contributed by atoms with Crippen LogP contribution in [-0.4, -0.2) is 28.2 Å². The first-order valence-corrected chi connectivity index (χ1v) is 4.81. The van der Waals surface area contributed by atoms with Crippen LogP contribution < -0.4 is 10.00 Å². The van der Waals surface area contributed by atoms with Crippen LogP contribution in [0.2, 0.25) is 0 Å². The maximum atomic E-state index is 10.4. The minimum Gasteiger partial charge on any atom is -0.365 e. The minimum atomic E-state index is -0.471. The first-order valence-electron chi connectivity index (χ1n) is 4.81. The van der Waals surface area contributed by atoms with E-state index in [9.17, 15) is 10.1 Å². The number of hydrogen-bond donors (Lipinski definition) is 1. The van der Waals surface area contributed by atoms with Crippen molar-refractivity contribution in [2.24, 2.45) is 7.05 Å². The third kappa shape index (κ3) is 2.27. The average molecular weight is 226 g/mol. The summed E-state index contributed by atoms with van der Waals surface area (Å²) in [6, 6.07) is 0. The normalized spacial score (nSPS) is 17.8. The molecule has 0 unspecified atom stereocenters. The predicted molar refractivity (Wildman–Crippen MR) is 51.2 cm³/mol. The fourth-order valence-corrected chi connectivity index (χ4v) is 1.57. The number of nitro groups is 1. The molecule has 8 nitrogen and oxygen atoms in total. The van der Waals surface area contributed by atoms with Crippen molar-refractivity contribution in [3.8, 4) is 0 Å². The van der Waals surface area contributed by atoms with E-state index in [0.717, 1.165) is 6.20 Å². The van der Waals surface area contributed by atoms with Crippen LogP contribution in [0.1, 0.15) is 5.76 Å². The number of aromatic nitrogens is 2. The smallest absolute Gasteiger partial charge is 0.274 e. The van der Waals surface area contributed by atoms with Gasteiger partial charge in [0, 0.05) is 13.1 Å². The molecule has 1 N–H and O–H groups in total. The molecular weight excluding hydrogens is 214 g/mol. The summed E-state index contributed by atoms with van der Waals surface area (Å²) in [6.07, 6.45) is 2.70. The van der Waals surface area contributed by atoms with Crippen molar-refractivity contribution in [3.63, 3.8) is 0 Å². The SMILES string of the molecule is C[n+]1cc(CN2CCNC2=C[N+](=O)[O-])on1. The van der Waals surface area contributed by atoms with E-state index in [4.69, 9.17) is 4.52 Å². The zero-order chi connectivity index (χ0) is 11.5. The largest absolute Gasteiger partial charge is 0.365 e. The molecule has 1 aliphatic heterocycles. The van der Waals surface area contributed by atoms with Gasteiger partial charge in [0.2, 0.25) is 12.0 Å². The molecule has 0 aromatic carbocycles. The molecule has 86 valence electrons. The maximum absolute atomic E-state index is 10.4. The predicted octanol–water partition coefficient (Wildman–Crippen LogP) is -1.02. The molecule has 16 heavy (non-hydrogen) atoms. The molecule has 1 aromatic heterocycles. The molecule has 2 rings (SSSR count). The Labute approximate surface area is 91.3 Å². The van der Waals surface area contributed by atoms with Gasteiger partial charge in [0.05, 0.1) is 11.5 Å². The van der Waals surface area contributed by atoms with E-state index < -0.39 is 4.92 Å². The number of rotatable bonds is 3. The second kappa shape index (κ2) is 4.17. The standard InChI is InChI=1S/C8H12N5O3/c1-11-4-7(16-10-11)5-12-3-2-9-8(12)6-13(14)15/h4,6,9H,2-3,5H2,1H3/q+1. The van der Waals surface area contributed by atoms with Gasteiger partial charge in [-0.3, -0.25) is 10.1 Å². The maximum Gasteiger partial charge on any atom is 0.274 e. The Morgan fingerprint density at radius 3 is 3.31 bits per heavy atom. The Morgan fingerprint density at radius 2 is 2.69 bits per heavy atom. The summed E-state index contributed by atoms with van der Waals surface area (Å²) in [5, 5.41) is 17.0. The van der Waals surface area contributed by atoms with Crippen molar-refractivity contribution in [1.29, 1.82) is 0 Å². The monoisotopic (exact) mass is 226 g/mol. The van der Waals surface area contributed by atoms with Crippen molar-refractivity contribution in [2.75, 3.05) is 13.1 Å². The molecular formula is C8H12N5O3+.